The number of amides is 2. The number of rotatable bonds is 11. The molecule has 3 aromatic carbocycles. The molecule has 3 rings (SSSR count). The van der Waals surface area contributed by atoms with E-state index in [1.54, 1.807) is 37.4 Å². The Morgan fingerprint density at radius 2 is 1.86 bits per heavy atom. The van der Waals surface area contributed by atoms with Gasteiger partial charge in [0.25, 0.3) is 11.8 Å². The molecule has 0 bridgehead atoms. The number of aliphatic hydroxyl groups excluding tert-OH is 1. The van der Waals surface area contributed by atoms with Crippen LogP contribution in [0.5, 0.6) is 5.75 Å². The quantitative estimate of drug-likeness (QED) is 0.266. The number of halogens is 1. The van der Waals surface area contributed by atoms with E-state index in [0.29, 0.717) is 35.1 Å². The number of carbonyl (C=O) groups is 2. The minimum atomic E-state index is -0.522. The Hall–Kier alpha value is -3.72. The molecule has 3 aromatic rings. The van der Waals surface area contributed by atoms with Crippen molar-refractivity contribution in [2.24, 2.45) is 5.10 Å². The summed E-state index contributed by atoms with van der Waals surface area (Å²) in [5, 5.41) is 16.3. The Morgan fingerprint density at radius 1 is 1.08 bits per heavy atom. The van der Waals surface area contributed by atoms with Gasteiger partial charge in [0, 0.05) is 23.7 Å². The molecule has 0 aliphatic rings. The van der Waals surface area contributed by atoms with Gasteiger partial charge >= 0.3 is 0 Å². The minimum Gasteiger partial charge on any atom is -0.497 e. The second-order valence-electron chi connectivity index (χ2n) is 7.91. The molecule has 0 heterocycles. The molecule has 3 N–H and O–H groups in total. The molecule has 8 nitrogen and oxygen atoms in total. The Morgan fingerprint density at radius 3 is 2.56 bits per heavy atom. The zero-order valence-corrected chi connectivity index (χ0v) is 21.0. The normalized spacial score (nSPS) is 11.0. The first-order valence-corrected chi connectivity index (χ1v) is 11.8. The second-order valence-corrected chi connectivity index (χ2v) is 8.35. The zero-order valence-electron chi connectivity index (χ0n) is 20.2. The fourth-order valence-electron chi connectivity index (χ4n) is 3.47. The van der Waals surface area contributed by atoms with Crippen molar-refractivity contribution in [3.05, 3.63) is 94.0 Å². The highest BCUT2D eigenvalue weighted by atomic mass is 35.5. The van der Waals surface area contributed by atoms with Crippen LogP contribution < -0.4 is 15.5 Å². The molecule has 0 aliphatic carbocycles. The number of aliphatic hydroxyl groups is 1. The Labute approximate surface area is 215 Å². The molecule has 0 aromatic heterocycles. The number of carbonyl (C=O) groups excluding carboxylic acids is 2. The number of ether oxygens (including phenoxy) is 1. The Bertz CT molecular complexity index is 1210. The van der Waals surface area contributed by atoms with Gasteiger partial charge in [0.1, 0.15) is 5.75 Å². The van der Waals surface area contributed by atoms with Gasteiger partial charge in [-0.25, -0.2) is 5.43 Å². The first kappa shape index (κ1) is 26.9. The van der Waals surface area contributed by atoms with Crippen molar-refractivity contribution < 1.29 is 19.4 Å². The number of hydrazone groups is 1. The van der Waals surface area contributed by atoms with Gasteiger partial charge in [-0.05, 0) is 60.1 Å². The molecular weight excluding hydrogens is 480 g/mol. The van der Waals surface area contributed by atoms with E-state index in [-0.39, 0.29) is 18.1 Å². The van der Waals surface area contributed by atoms with Crippen molar-refractivity contribution >= 4 is 35.3 Å². The van der Waals surface area contributed by atoms with Crippen LogP contribution in [-0.4, -0.2) is 54.8 Å². The number of benzene rings is 3. The molecule has 2 amide bonds. The monoisotopic (exact) mass is 508 g/mol. The molecule has 36 heavy (non-hydrogen) atoms. The largest absolute Gasteiger partial charge is 0.497 e. The van der Waals surface area contributed by atoms with Gasteiger partial charge in [-0.3, -0.25) is 14.5 Å². The lowest BCUT2D eigenvalue weighted by Crippen LogP contribution is -2.26. The van der Waals surface area contributed by atoms with E-state index in [9.17, 15) is 9.59 Å². The lowest BCUT2D eigenvalue weighted by Gasteiger charge is -2.19. The van der Waals surface area contributed by atoms with Gasteiger partial charge in [-0.15, -0.1) is 0 Å². The average molecular weight is 509 g/mol. The molecule has 188 valence electrons. The van der Waals surface area contributed by atoms with E-state index in [1.165, 1.54) is 12.3 Å². The van der Waals surface area contributed by atoms with E-state index >= 15 is 0 Å². The topological polar surface area (TPSA) is 103 Å². The first-order chi connectivity index (χ1) is 17.4. The average Bonchev–Trinajstić information content (AvgIpc) is 2.89. The van der Waals surface area contributed by atoms with Crippen LogP contribution in [0.15, 0.2) is 71.8 Å². The van der Waals surface area contributed by atoms with Crippen molar-refractivity contribution in [3.63, 3.8) is 0 Å². The van der Waals surface area contributed by atoms with Crippen LogP contribution in [0.25, 0.3) is 0 Å². The second kappa shape index (κ2) is 13.4. The smallest absolute Gasteiger partial charge is 0.273 e. The fourth-order valence-corrected chi connectivity index (χ4v) is 3.64. The molecule has 0 aliphatic heterocycles. The summed E-state index contributed by atoms with van der Waals surface area (Å²) < 4.78 is 5.18. The molecule has 0 atom stereocenters. The summed E-state index contributed by atoms with van der Waals surface area (Å²) in [6, 6.07) is 19.1. The van der Waals surface area contributed by atoms with E-state index in [2.05, 4.69) is 20.7 Å². The summed E-state index contributed by atoms with van der Waals surface area (Å²) in [5.74, 6) is -0.211. The van der Waals surface area contributed by atoms with E-state index < -0.39 is 5.91 Å². The van der Waals surface area contributed by atoms with E-state index in [1.807, 2.05) is 37.3 Å². The minimum absolute atomic E-state index is 0.0949. The van der Waals surface area contributed by atoms with Gasteiger partial charge < -0.3 is 15.2 Å². The predicted molar refractivity (Wildman–Crippen MR) is 142 cm³/mol. The fraction of sp³-hybridized carbons (Fsp3) is 0.222. The summed E-state index contributed by atoms with van der Waals surface area (Å²) in [5.41, 5.74) is 5.17. The molecule has 0 unspecified atom stereocenters. The van der Waals surface area contributed by atoms with Gasteiger partial charge in [-0.1, -0.05) is 42.8 Å². The number of hydrogen-bond acceptors (Lipinski definition) is 6. The highest BCUT2D eigenvalue weighted by Gasteiger charge is 2.15. The molecule has 0 saturated heterocycles. The molecular formula is C27H29ClN4O4. The van der Waals surface area contributed by atoms with Gasteiger partial charge in [-0.2, -0.15) is 5.10 Å². The number of hydrogen-bond donors (Lipinski definition) is 3. The number of anilines is 1. The van der Waals surface area contributed by atoms with Crippen molar-refractivity contribution in [1.82, 2.24) is 10.3 Å². The highest BCUT2D eigenvalue weighted by molar-refractivity contribution is 6.31. The van der Waals surface area contributed by atoms with Crippen LogP contribution in [0.2, 0.25) is 5.02 Å². The van der Waals surface area contributed by atoms with Crippen LogP contribution in [0.4, 0.5) is 5.69 Å². The van der Waals surface area contributed by atoms with Crippen molar-refractivity contribution in [3.8, 4) is 5.75 Å². The molecule has 0 saturated carbocycles. The highest BCUT2D eigenvalue weighted by Crippen LogP contribution is 2.22. The van der Waals surface area contributed by atoms with Crippen LogP contribution in [0.1, 0.15) is 38.8 Å². The summed E-state index contributed by atoms with van der Waals surface area (Å²) in [4.78, 5) is 27.8. The lowest BCUT2D eigenvalue weighted by molar-refractivity contribution is 0.0956. The number of nitrogens with one attached hydrogen (secondary N) is 2. The van der Waals surface area contributed by atoms with Crippen LogP contribution >= 0.6 is 11.6 Å². The van der Waals surface area contributed by atoms with Crippen LogP contribution in [-0.2, 0) is 6.54 Å². The zero-order chi connectivity index (χ0) is 25.9. The lowest BCUT2D eigenvalue weighted by atomic mass is 10.1. The van der Waals surface area contributed by atoms with Gasteiger partial charge in [0.05, 0.1) is 31.2 Å². The third-order valence-electron chi connectivity index (χ3n) is 5.43. The number of likely N-dealkylation sites (N-methyl/N-ethyl adjacent to an activating group) is 1. The molecule has 0 fully saturated rings. The third kappa shape index (κ3) is 7.64. The Kier molecular flexibility index (Phi) is 10.00. The van der Waals surface area contributed by atoms with Crippen molar-refractivity contribution in [2.75, 3.05) is 32.1 Å². The molecule has 0 spiro atoms. The predicted octanol–water partition coefficient (Wildman–Crippen LogP) is 4.18. The van der Waals surface area contributed by atoms with Crippen molar-refractivity contribution in [2.45, 2.75) is 13.5 Å². The maximum absolute atomic E-state index is 12.9. The van der Waals surface area contributed by atoms with E-state index in [0.717, 1.165) is 17.7 Å². The summed E-state index contributed by atoms with van der Waals surface area (Å²) in [7, 11) is 1.57. The molecule has 0 radical (unpaired) electrons. The summed E-state index contributed by atoms with van der Waals surface area (Å²) >= 11 is 6.11. The van der Waals surface area contributed by atoms with Gasteiger partial charge in [0.15, 0.2) is 0 Å². The maximum Gasteiger partial charge on any atom is 0.273 e. The number of nitrogens with zero attached hydrogens (tertiary/aromatic N) is 2. The SMILES string of the molecule is CCN(CCO)Cc1ccc(C(=O)Nc2ccc(Cl)cc2C(=O)N/N=C/c2cccc(OC)c2)cc1. The van der Waals surface area contributed by atoms with E-state index in [4.69, 9.17) is 21.4 Å². The first-order valence-electron chi connectivity index (χ1n) is 11.4. The summed E-state index contributed by atoms with van der Waals surface area (Å²) in [6.45, 7) is 4.20. The standard InChI is InChI=1S/C27H29ClN4O4/c1-3-32(13-14-33)18-19-7-9-21(10-8-19)26(34)30-25-12-11-22(28)16-24(25)27(35)31-29-17-20-5-4-6-23(15-20)36-2/h4-12,15-17,33H,3,13-14,18H2,1-2H3,(H,30,34)(H,31,35)/b29-17+. The van der Waals surface area contributed by atoms with Crippen LogP contribution in [0.3, 0.4) is 0 Å². The maximum atomic E-state index is 12.9. The van der Waals surface area contributed by atoms with Gasteiger partial charge in [0.2, 0.25) is 0 Å². The summed E-state index contributed by atoms with van der Waals surface area (Å²) in [6.07, 6.45) is 1.49. The molecule has 9 heteroatoms. The van der Waals surface area contributed by atoms with Crippen molar-refractivity contribution in [1.29, 1.82) is 0 Å². The third-order valence-corrected chi connectivity index (χ3v) is 5.67. The Balaban J connectivity index is 1.68. The van der Waals surface area contributed by atoms with Crippen LogP contribution in [0, 0.1) is 0 Å². The number of methoxy groups -OCH3 is 1.